The van der Waals surface area contributed by atoms with Gasteiger partial charge < -0.3 is 20.1 Å². The Balaban J connectivity index is 2.09. The standard InChI is InChI=1S/C15H24N2O2/c1-17(11-14-5-3-4-8-19-14)15-9-13(18-2)7-6-12(15)10-16/h6-7,9,14H,3-5,8,10-11,16H2,1-2H3. The molecule has 1 aliphatic rings. The molecule has 0 spiro atoms. The number of ether oxygens (including phenoxy) is 2. The predicted molar refractivity (Wildman–Crippen MR) is 77.7 cm³/mol. The fraction of sp³-hybridized carbons (Fsp3) is 0.600. The second kappa shape index (κ2) is 6.78. The molecule has 4 nitrogen and oxygen atoms in total. The largest absolute Gasteiger partial charge is 0.497 e. The fourth-order valence-corrected chi connectivity index (χ4v) is 2.55. The number of anilines is 1. The molecule has 1 aromatic carbocycles. The summed E-state index contributed by atoms with van der Waals surface area (Å²) < 4.78 is 11.1. The van der Waals surface area contributed by atoms with Crippen molar-refractivity contribution in [3.8, 4) is 5.75 Å². The topological polar surface area (TPSA) is 47.7 Å². The molecule has 1 heterocycles. The zero-order valence-electron chi connectivity index (χ0n) is 11.9. The first kappa shape index (κ1) is 14.2. The normalized spacial score (nSPS) is 19.2. The van der Waals surface area contributed by atoms with Gasteiger partial charge in [0, 0.05) is 38.5 Å². The van der Waals surface area contributed by atoms with E-state index >= 15 is 0 Å². The van der Waals surface area contributed by atoms with E-state index < -0.39 is 0 Å². The Morgan fingerprint density at radius 2 is 2.26 bits per heavy atom. The van der Waals surface area contributed by atoms with Crippen LogP contribution in [0, 0.1) is 0 Å². The van der Waals surface area contributed by atoms with Crippen LogP contribution in [-0.4, -0.2) is 33.4 Å². The molecule has 0 saturated carbocycles. The van der Waals surface area contributed by atoms with Crippen LogP contribution in [0.5, 0.6) is 5.75 Å². The van der Waals surface area contributed by atoms with Gasteiger partial charge in [-0.05, 0) is 30.9 Å². The summed E-state index contributed by atoms with van der Waals surface area (Å²) >= 11 is 0. The highest BCUT2D eigenvalue weighted by atomic mass is 16.5. The first-order chi connectivity index (χ1) is 9.24. The minimum absolute atomic E-state index is 0.329. The highest BCUT2D eigenvalue weighted by Gasteiger charge is 2.17. The lowest BCUT2D eigenvalue weighted by Crippen LogP contribution is -2.34. The van der Waals surface area contributed by atoms with Gasteiger partial charge in [0.25, 0.3) is 0 Å². The summed E-state index contributed by atoms with van der Waals surface area (Å²) in [5.41, 5.74) is 8.09. The smallest absolute Gasteiger partial charge is 0.120 e. The minimum atomic E-state index is 0.329. The molecule has 1 atom stereocenters. The first-order valence-corrected chi connectivity index (χ1v) is 6.94. The Morgan fingerprint density at radius 3 is 2.89 bits per heavy atom. The zero-order chi connectivity index (χ0) is 13.7. The fourth-order valence-electron chi connectivity index (χ4n) is 2.55. The van der Waals surface area contributed by atoms with Crippen LogP contribution >= 0.6 is 0 Å². The summed E-state index contributed by atoms with van der Waals surface area (Å²) in [5, 5.41) is 0. The lowest BCUT2D eigenvalue weighted by molar-refractivity contribution is 0.0216. The van der Waals surface area contributed by atoms with E-state index in [1.165, 1.54) is 12.8 Å². The van der Waals surface area contributed by atoms with E-state index in [-0.39, 0.29) is 0 Å². The van der Waals surface area contributed by atoms with E-state index in [9.17, 15) is 0 Å². The molecule has 2 rings (SSSR count). The summed E-state index contributed by atoms with van der Waals surface area (Å²) in [5.74, 6) is 0.864. The van der Waals surface area contributed by atoms with Crippen molar-refractivity contribution in [3.63, 3.8) is 0 Å². The summed E-state index contributed by atoms with van der Waals surface area (Å²) in [7, 11) is 3.78. The third-order valence-electron chi connectivity index (χ3n) is 3.68. The average molecular weight is 264 g/mol. The SMILES string of the molecule is COc1ccc(CN)c(N(C)CC2CCCCO2)c1. The molecule has 1 aliphatic heterocycles. The Morgan fingerprint density at radius 1 is 1.42 bits per heavy atom. The number of nitrogens with zero attached hydrogens (tertiary/aromatic N) is 1. The van der Waals surface area contributed by atoms with Crippen molar-refractivity contribution in [2.75, 3.05) is 32.2 Å². The number of likely N-dealkylation sites (N-methyl/N-ethyl adjacent to an activating group) is 1. The molecule has 0 radical (unpaired) electrons. The highest BCUT2D eigenvalue weighted by Crippen LogP contribution is 2.26. The molecule has 0 aromatic heterocycles. The molecule has 1 aromatic rings. The third-order valence-corrected chi connectivity index (χ3v) is 3.68. The molecule has 2 N–H and O–H groups in total. The molecule has 106 valence electrons. The number of methoxy groups -OCH3 is 1. The van der Waals surface area contributed by atoms with Crippen LogP contribution in [0.1, 0.15) is 24.8 Å². The van der Waals surface area contributed by atoms with Gasteiger partial charge in [-0.15, -0.1) is 0 Å². The monoisotopic (exact) mass is 264 g/mol. The van der Waals surface area contributed by atoms with Gasteiger partial charge in [-0.3, -0.25) is 0 Å². The van der Waals surface area contributed by atoms with Crippen molar-refractivity contribution in [3.05, 3.63) is 23.8 Å². The third kappa shape index (κ3) is 3.61. The molecule has 0 amide bonds. The predicted octanol–water partition coefficient (Wildman–Crippen LogP) is 2.16. The second-order valence-electron chi connectivity index (χ2n) is 5.07. The number of hydrogen-bond acceptors (Lipinski definition) is 4. The molecule has 19 heavy (non-hydrogen) atoms. The van der Waals surface area contributed by atoms with Gasteiger partial charge >= 0.3 is 0 Å². The summed E-state index contributed by atoms with van der Waals surface area (Å²) in [6, 6.07) is 6.04. The Labute approximate surface area is 115 Å². The molecular weight excluding hydrogens is 240 g/mol. The van der Waals surface area contributed by atoms with Gasteiger partial charge in [-0.2, -0.15) is 0 Å². The molecule has 0 aliphatic carbocycles. The maximum absolute atomic E-state index is 5.81. The van der Waals surface area contributed by atoms with E-state index in [1.54, 1.807) is 7.11 Å². The minimum Gasteiger partial charge on any atom is -0.497 e. The lowest BCUT2D eigenvalue weighted by atomic mass is 10.1. The Bertz CT molecular complexity index is 403. The van der Waals surface area contributed by atoms with Gasteiger partial charge in [0.1, 0.15) is 5.75 Å². The van der Waals surface area contributed by atoms with Gasteiger partial charge in [-0.1, -0.05) is 6.07 Å². The number of benzene rings is 1. The van der Waals surface area contributed by atoms with Crippen molar-refractivity contribution >= 4 is 5.69 Å². The maximum Gasteiger partial charge on any atom is 0.120 e. The molecule has 4 heteroatoms. The lowest BCUT2D eigenvalue weighted by Gasteiger charge is -2.30. The van der Waals surface area contributed by atoms with Gasteiger partial charge in [-0.25, -0.2) is 0 Å². The highest BCUT2D eigenvalue weighted by molar-refractivity contribution is 5.57. The van der Waals surface area contributed by atoms with Gasteiger partial charge in [0.15, 0.2) is 0 Å². The van der Waals surface area contributed by atoms with E-state index in [2.05, 4.69) is 11.9 Å². The van der Waals surface area contributed by atoms with Crippen LogP contribution in [-0.2, 0) is 11.3 Å². The number of rotatable bonds is 5. The summed E-state index contributed by atoms with van der Waals surface area (Å²) in [6.45, 7) is 2.33. The van der Waals surface area contributed by atoms with Crippen LogP contribution in [0.3, 0.4) is 0 Å². The number of nitrogens with two attached hydrogens (primary N) is 1. The van der Waals surface area contributed by atoms with Crippen LogP contribution < -0.4 is 15.4 Å². The quantitative estimate of drug-likeness (QED) is 0.885. The molecule has 1 fully saturated rings. The van der Waals surface area contributed by atoms with E-state index in [4.69, 9.17) is 15.2 Å². The van der Waals surface area contributed by atoms with Gasteiger partial charge in [0.2, 0.25) is 0 Å². The summed E-state index contributed by atoms with van der Waals surface area (Å²) in [4.78, 5) is 2.22. The molecule has 1 unspecified atom stereocenters. The van der Waals surface area contributed by atoms with Crippen molar-refractivity contribution in [1.82, 2.24) is 0 Å². The zero-order valence-corrected chi connectivity index (χ0v) is 11.9. The van der Waals surface area contributed by atoms with Gasteiger partial charge in [0.05, 0.1) is 13.2 Å². The maximum atomic E-state index is 5.81. The van der Waals surface area contributed by atoms with E-state index in [0.29, 0.717) is 12.6 Å². The molecule has 0 bridgehead atoms. The Kier molecular flexibility index (Phi) is 5.05. The Hall–Kier alpha value is -1.26. The van der Waals surface area contributed by atoms with Crippen LogP contribution in [0.15, 0.2) is 18.2 Å². The van der Waals surface area contributed by atoms with E-state index in [0.717, 1.165) is 36.6 Å². The van der Waals surface area contributed by atoms with Crippen molar-refractivity contribution < 1.29 is 9.47 Å². The average Bonchev–Trinajstić information content (AvgIpc) is 2.47. The summed E-state index contributed by atoms with van der Waals surface area (Å²) in [6.07, 6.45) is 3.93. The van der Waals surface area contributed by atoms with Crippen molar-refractivity contribution in [1.29, 1.82) is 0 Å². The van der Waals surface area contributed by atoms with Crippen LogP contribution in [0.2, 0.25) is 0 Å². The first-order valence-electron chi connectivity index (χ1n) is 6.94. The van der Waals surface area contributed by atoms with Crippen molar-refractivity contribution in [2.45, 2.75) is 31.9 Å². The second-order valence-corrected chi connectivity index (χ2v) is 5.07. The number of hydrogen-bond donors (Lipinski definition) is 1. The molecule has 1 saturated heterocycles. The van der Waals surface area contributed by atoms with E-state index in [1.807, 2.05) is 18.2 Å². The van der Waals surface area contributed by atoms with Crippen LogP contribution in [0.4, 0.5) is 5.69 Å². The molecular formula is C15H24N2O2. The van der Waals surface area contributed by atoms with Crippen LogP contribution in [0.25, 0.3) is 0 Å². The van der Waals surface area contributed by atoms with Crippen molar-refractivity contribution in [2.24, 2.45) is 5.73 Å².